The molecule has 5 heteroatoms. The first kappa shape index (κ1) is 13.5. The molecular formula is C13H15ClN2OS. The number of oxazole rings is 1. The molecule has 2 rings (SSSR count). The fraction of sp³-hybridized carbons (Fsp3) is 0.308. The Kier molecular flexibility index (Phi) is 4.32. The van der Waals surface area contributed by atoms with Crippen molar-refractivity contribution in [3.8, 4) is 0 Å². The van der Waals surface area contributed by atoms with E-state index < -0.39 is 0 Å². The molecule has 0 unspecified atom stereocenters. The lowest BCUT2D eigenvalue weighted by molar-refractivity contribution is 0.431. The van der Waals surface area contributed by atoms with Crippen LogP contribution in [0, 0.1) is 13.8 Å². The lowest BCUT2D eigenvalue weighted by atomic mass is 10.2. The molecule has 0 spiro atoms. The van der Waals surface area contributed by atoms with Crippen LogP contribution in [0.3, 0.4) is 0 Å². The number of hydrogen-bond acceptors (Lipinski definition) is 4. The van der Waals surface area contributed by atoms with Crippen LogP contribution in [0.4, 0.5) is 0 Å². The minimum atomic E-state index is 0.635. The Morgan fingerprint density at radius 3 is 2.78 bits per heavy atom. The van der Waals surface area contributed by atoms with Gasteiger partial charge in [-0.2, -0.15) is 0 Å². The molecule has 1 heterocycles. The van der Waals surface area contributed by atoms with E-state index in [1.807, 2.05) is 39.1 Å². The van der Waals surface area contributed by atoms with Crippen molar-refractivity contribution in [2.24, 2.45) is 0 Å². The highest BCUT2D eigenvalue weighted by Gasteiger charge is 2.13. The molecule has 0 saturated carbocycles. The van der Waals surface area contributed by atoms with E-state index in [2.05, 4.69) is 10.3 Å². The third kappa shape index (κ3) is 2.88. The average Bonchev–Trinajstić information content (AvgIpc) is 2.63. The van der Waals surface area contributed by atoms with E-state index in [9.17, 15) is 0 Å². The molecule has 3 nitrogen and oxygen atoms in total. The highest BCUT2D eigenvalue weighted by Crippen LogP contribution is 2.36. The lowest BCUT2D eigenvalue weighted by Crippen LogP contribution is -2.06. The van der Waals surface area contributed by atoms with Crippen molar-refractivity contribution in [1.82, 2.24) is 10.3 Å². The standard InChI is InChI=1S/C13H15ClN2OS/c1-8-9(2)17-13(16-8)18-12-10(7-15-3)5-4-6-11(12)14/h4-6,15H,7H2,1-3H3. The second-order valence-electron chi connectivity index (χ2n) is 3.98. The number of nitrogens with zero attached hydrogens (tertiary/aromatic N) is 1. The third-order valence-electron chi connectivity index (χ3n) is 2.61. The number of nitrogens with one attached hydrogen (secondary N) is 1. The van der Waals surface area contributed by atoms with Crippen molar-refractivity contribution in [1.29, 1.82) is 0 Å². The van der Waals surface area contributed by atoms with E-state index in [1.165, 1.54) is 11.8 Å². The first-order valence-corrected chi connectivity index (χ1v) is 6.85. The molecular weight excluding hydrogens is 268 g/mol. The summed E-state index contributed by atoms with van der Waals surface area (Å²) in [6, 6.07) is 5.88. The van der Waals surface area contributed by atoms with Crippen molar-refractivity contribution in [3.05, 3.63) is 40.2 Å². The summed E-state index contributed by atoms with van der Waals surface area (Å²) in [4.78, 5) is 5.36. The van der Waals surface area contributed by atoms with Crippen molar-refractivity contribution in [3.63, 3.8) is 0 Å². The first-order valence-electron chi connectivity index (χ1n) is 5.65. The van der Waals surface area contributed by atoms with E-state index in [0.29, 0.717) is 5.22 Å². The van der Waals surface area contributed by atoms with E-state index >= 15 is 0 Å². The quantitative estimate of drug-likeness (QED) is 0.925. The molecule has 0 radical (unpaired) electrons. The van der Waals surface area contributed by atoms with Crippen LogP contribution in [0.5, 0.6) is 0 Å². The van der Waals surface area contributed by atoms with Crippen LogP contribution in [0.1, 0.15) is 17.0 Å². The van der Waals surface area contributed by atoms with Gasteiger partial charge in [0, 0.05) is 11.4 Å². The zero-order valence-electron chi connectivity index (χ0n) is 10.6. The Morgan fingerprint density at radius 1 is 1.39 bits per heavy atom. The van der Waals surface area contributed by atoms with Gasteiger partial charge in [-0.05, 0) is 44.3 Å². The van der Waals surface area contributed by atoms with Gasteiger partial charge in [-0.1, -0.05) is 23.7 Å². The maximum atomic E-state index is 6.24. The number of rotatable bonds is 4. The molecule has 0 fully saturated rings. The summed E-state index contributed by atoms with van der Waals surface area (Å²) < 4.78 is 5.58. The first-order chi connectivity index (χ1) is 8.61. The molecule has 0 amide bonds. The SMILES string of the molecule is CNCc1cccc(Cl)c1Sc1nc(C)c(C)o1. The van der Waals surface area contributed by atoms with Crippen molar-refractivity contribution in [2.45, 2.75) is 30.5 Å². The Hall–Kier alpha value is -0.970. The van der Waals surface area contributed by atoms with Crippen LogP contribution in [0.2, 0.25) is 5.02 Å². The number of benzene rings is 1. The largest absolute Gasteiger partial charge is 0.436 e. The summed E-state index contributed by atoms with van der Waals surface area (Å²) in [5.74, 6) is 0.847. The molecule has 0 aliphatic carbocycles. The summed E-state index contributed by atoms with van der Waals surface area (Å²) in [5.41, 5.74) is 2.06. The third-order valence-corrected chi connectivity index (χ3v) is 4.08. The summed E-state index contributed by atoms with van der Waals surface area (Å²) >= 11 is 7.71. The average molecular weight is 283 g/mol. The molecule has 96 valence electrons. The summed E-state index contributed by atoms with van der Waals surface area (Å²) in [5, 5.41) is 4.49. The van der Waals surface area contributed by atoms with Gasteiger partial charge in [0.25, 0.3) is 5.22 Å². The Labute approximate surface area is 116 Å². The second kappa shape index (κ2) is 5.78. The van der Waals surface area contributed by atoms with E-state index in [-0.39, 0.29) is 0 Å². The van der Waals surface area contributed by atoms with Crippen LogP contribution >= 0.6 is 23.4 Å². The van der Waals surface area contributed by atoms with Crippen molar-refractivity contribution < 1.29 is 4.42 Å². The summed E-state index contributed by atoms with van der Waals surface area (Å²) in [6.07, 6.45) is 0. The highest BCUT2D eigenvalue weighted by molar-refractivity contribution is 7.99. The maximum Gasteiger partial charge on any atom is 0.261 e. The van der Waals surface area contributed by atoms with E-state index in [0.717, 1.165) is 33.5 Å². The van der Waals surface area contributed by atoms with Crippen molar-refractivity contribution >= 4 is 23.4 Å². The molecule has 0 saturated heterocycles. The van der Waals surface area contributed by atoms with Gasteiger partial charge in [0.05, 0.1) is 10.7 Å². The molecule has 0 aliphatic rings. The Morgan fingerprint density at radius 2 is 2.17 bits per heavy atom. The fourth-order valence-electron chi connectivity index (χ4n) is 1.57. The zero-order valence-corrected chi connectivity index (χ0v) is 12.2. The van der Waals surface area contributed by atoms with Crippen LogP contribution in [-0.4, -0.2) is 12.0 Å². The van der Waals surface area contributed by atoms with E-state index in [1.54, 1.807) is 0 Å². The van der Waals surface area contributed by atoms with Crippen LogP contribution in [0.25, 0.3) is 0 Å². The predicted molar refractivity (Wildman–Crippen MR) is 74.3 cm³/mol. The molecule has 18 heavy (non-hydrogen) atoms. The van der Waals surface area contributed by atoms with Crippen LogP contribution in [-0.2, 0) is 6.54 Å². The summed E-state index contributed by atoms with van der Waals surface area (Å²) in [7, 11) is 1.91. The lowest BCUT2D eigenvalue weighted by Gasteiger charge is -2.08. The van der Waals surface area contributed by atoms with Gasteiger partial charge >= 0.3 is 0 Å². The van der Waals surface area contributed by atoms with Crippen LogP contribution < -0.4 is 5.32 Å². The smallest absolute Gasteiger partial charge is 0.261 e. The van der Waals surface area contributed by atoms with E-state index in [4.69, 9.17) is 16.0 Å². The molecule has 1 aromatic carbocycles. The van der Waals surface area contributed by atoms with Gasteiger partial charge in [0.1, 0.15) is 5.76 Å². The van der Waals surface area contributed by atoms with Crippen LogP contribution in [0.15, 0.2) is 32.7 Å². The molecule has 1 N–H and O–H groups in total. The normalized spacial score (nSPS) is 10.9. The van der Waals surface area contributed by atoms with Gasteiger partial charge in [0.15, 0.2) is 0 Å². The van der Waals surface area contributed by atoms with Gasteiger partial charge in [0.2, 0.25) is 0 Å². The number of aryl methyl sites for hydroxylation is 2. The second-order valence-corrected chi connectivity index (χ2v) is 5.35. The maximum absolute atomic E-state index is 6.24. The Bertz CT molecular complexity index is 534. The minimum absolute atomic E-state index is 0.635. The monoisotopic (exact) mass is 282 g/mol. The molecule has 0 bridgehead atoms. The number of halogens is 1. The topological polar surface area (TPSA) is 38.1 Å². The van der Waals surface area contributed by atoms with Gasteiger partial charge in [-0.25, -0.2) is 4.98 Å². The van der Waals surface area contributed by atoms with Gasteiger partial charge < -0.3 is 9.73 Å². The molecule has 0 aliphatic heterocycles. The molecule has 1 aromatic heterocycles. The number of hydrogen-bond donors (Lipinski definition) is 1. The molecule has 0 atom stereocenters. The summed E-state index contributed by atoms with van der Waals surface area (Å²) in [6.45, 7) is 4.61. The predicted octanol–water partition coefficient (Wildman–Crippen LogP) is 3.82. The van der Waals surface area contributed by atoms with Gasteiger partial charge in [-0.15, -0.1) is 0 Å². The van der Waals surface area contributed by atoms with Crippen molar-refractivity contribution in [2.75, 3.05) is 7.05 Å². The fourth-order valence-corrected chi connectivity index (χ4v) is 2.84. The molecule has 2 aromatic rings. The zero-order chi connectivity index (χ0) is 13.1. The minimum Gasteiger partial charge on any atom is -0.436 e. The Balaban J connectivity index is 2.32. The van der Waals surface area contributed by atoms with Gasteiger partial charge in [-0.3, -0.25) is 0 Å². The highest BCUT2D eigenvalue weighted by atomic mass is 35.5. The number of aromatic nitrogens is 1.